The van der Waals surface area contributed by atoms with E-state index in [2.05, 4.69) is 10.4 Å². The number of β-amino-alcohol motifs (C(OH)–C–C–N with tert-alkyl or cyclic N) is 1. The number of hydrogen-bond acceptors (Lipinski definition) is 7. The van der Waals surface area contributed by atoms with Crippen molar-refractivity contribution in [3.05, 3.63) is 34.1 Å². The zero-order valence-corrected chi connectivity index (χ0v) is 15.2. The van der Waals surface area contributed by atoms with Gasteiger partial charge in [-0.3, -0.25) is 9.69 Å². The Morgan fingerprint density at radius 3 is 2.88 bits per heavy atom. The zero-order valence-electron chi connectivity index (χ0n) is 14.4. The van der Waals surface area contributed by atoms with Crippen LogP contribution in [0.25, 0.3) is 5.69 Å². The van der Waals surface area contributed by atoms with Gasteiger partial charge in [0.25, 0.3) is 0 Å². The summed E-state index contributed by atoms with van der Waals surface area (Å²) in [6, 6.07) is 5.41. The van der Waals surface area contributed by atoms with Crippen LogP contribution in [-0.4, -0.2) is 61.6 Å². The van der Waals surface area contributed by atoms with E-state index in [1.165, 1.54) is 7.11 Å². The minimum Gasteiger partial charge on any atom is -0.468 e. The van der Waals surface area contributed by atoms with Gasteiger partial charge >= 0.3 is 5.97 Å². The monoisotopic (exact) mass is 363 g/mol. The quantitative estimate of drug-likeness (QED) is 0.640. The van der Waals surface area contributed by atoms with E-state index in [9.17, 15) is 9.90 Å². The molecule has 3 rings (SSSR count). The van der Waals surface area contributed by atoms with Crippen LogP contribution in [-0.2, 0) is 16.2 Å². The van der Waals surface area contributed by atoms with Gasteiger partial charge in [0.2, 0.25) is 4.77 Å². The Hall–Kier alpha value is -2.10. The zero-order chi connectivity index (χ0) is 18.1. The molecule has 1 N–H and O–H groups in total. The molecule has 0 unspecified atom stereocenters. The number of aromatic nitrogens is 4. The number of benzene rings is 1. The maximum Gasteiger partial charge on any atom is 0.323 e. The van der Waals surface area contributed by atoms with Crippen LogP contribution in [0.1, 0.15) is 17.5 Å². The van der Waals surface area contributed by atoms with Crippen molar-refractivity contribution in [1.29, 1.82) is 0 Å². The Kier molecular flexibility index (Phi) is 4.98. The Morgan fingerprint density at radius 2 is 2.16 bits per heavy atom. The van der Waals surface area contributed by atoms with Gasteiger partial charge < -0.3 is 9.84 Å². The summed E-state index contributed by atoms with van der Waals surface area (Å²) in [7, 11) is 1.34. The van der Waals surface area contributed by atoms with Crippen molar-refractivity contribution in [3.8, 4) is 5.69 Å². The molecule has 9 heteroatoms. The first-order valence-electron chi connectivity index (χ1n) is 8.01. The molecule has 0 bridgehead atoms. The Balaban J connectivity index is 1.88. The molecule has 8 nitrogen and oxygen atoms in total. The molecule has 134 valence electrons. The van der Waals surface area contributed by atoms with E-state index < -0.39 is 12.1 Å². The molecule has 2 heterocycles. The van der Waals surface area contributed by atoms with E-state index in [0.29, 0.717) is 17.7 Å². The number of nitrogens with zero attached hydrogens (tertiary/aromatic N) is 5. The van der Waals surface area contributed by atoms with Crippen molar-refractivity contribution in [2.24, 2.45) is 0 Å². The lowest BCUT2D eigenvalue weighted by Crippen LogP contribution is -2.38. The van der Waals surface area contributed by atoms with Gasteiger partial charge in [-0.2, -0.15) is 4.68 Å². The molecule has 1 aromatic carbocycles. The molecule has 0 saturated carbocycles. The lowest BCUT2D eigenvalue weighted by atomic mass is 10.1. The smallest absolute Gasteiger partial charge is 0.323 e. The number of aryl methyl sites for hydroxylation is 1. The van der Waals surface area contributed by atoms with Gasteiger partial charge in [0, 0.05) is 13.0 Å². The fraction of sp³-hybridized carbons (Fsp3) is 0.500. The Labute approximate surface area is 150 Å². The molecule has 2 aromatic rings. The van der Waals surface area contributed by atoms with Crippen LogP contribution in [0, 0.1) is 18.6 Å². The van der Waals surface area contributed by atoms with E-state index in [-0.39, 0.29) is 12.6 Å². The number of aliphatic hydroxyl groups is 1. The molecule has 0 amide bonds. The highest BCUT2D eigenvalue weighted by Gasteiger charge is 2.37. The number of carbonyl (C=O) groups is 1. The largest absolute Gasteiger partial charge is 0.468 e. The predicted octanol–water partition coefficient (Wildman–Crippen LogP) is 0.981. The highest BCUT2D eigenvalue weighted by atomic mass is 32.1. The van der Waals surface area contributed by atoms with Gasteiger partial charge in [-0.15, -0.1) is 0 Å². The minimum atomic E-state index is -0.577. The molecule has 2 atom stereocenters. The van der Waals surface area contributed by atoms with Crippen LogP contribution in [0.2, 0.25) is 0 Å². The van der Waals surface area contributed by atoms with Gasteiger partial charge in [0.05, 0.1) is 25.6 Å². The summed E-state index contributed by atoms with van der Waals surface area (Å²) >= 11 is 5.50. The lowest BCUT2D eigenvalue weighted by molar-refractivity contribution is -0.146. The van der Waals surface area contributed by atoms with Crippen molar-refractivity contribution in [1.82, 2.24) is 24.7 Å². The van der Waals surface area contributed by atoms with E-state index in [1.54, 1.807) is 14.3 Å². The molecule has 1 aliphatic heterocycles. The second-order valence-corrected chi connectivity index (χ2v) is 6.60. The van der Waals surface area contributed by atoms with Crippen LogP contribution in [0.4, 0.5) is 0 Å². The second kappa shape index (κ2) is 7.03. The van der Waals surface area contributed by atoms with Gasteiger partial charge in [0.15, 0.2) is 0 Å². The van der Waals surface area contributed by atoms with Gasteiger partial charge in [0.1, 0.15) is 6.04 Å². The van der Waals surface area contributed by atoms with Crippen LogP contribution in [0.3, 0.4) is 0 Å². The number of methoxy groups -OCH3 is 1. The molecule has 1 aliphatic rings. The SMILES string of the molecule is COC(=O)[C@@H]1C[C@@H](O)CN1Cn1nnn(-c2cccc(C)c2C)c1=S. The third-order valence-electron chi connectivity index (χ3n) is 4.61. The Bertz CT molecular complexity index is 847. The van der Waals surface area contributed by atoms with Gasteiger partial charge in [-0.25, -0.2) is 4.68 Å². The molecule has 25 heavy (non-hydrogen) atoms. The number of rotatable bonds is 4. The standard InChI is InChI=1S/C16H21N5O3S/c1-10-5-4-6-13(11(10)2)21-16(25)20(17-18-21)9-19-8-12(22)7-14(19)15(23)24-3/h4-6,12,14,22H,7-9H2,1-3H3/t12-,14+/m1/s1. The summed E-state index contributed by atoms with van der Waals surface area (Å²) in [4.78, 5) is 13.7. The molecule has 0 aliphatic carbocycles. The highest BCUT2D eigenvalue weighted by Crippen LogP contribution is 2.21. The van der Waals surface area contributed by atoms with Crippen molar-refractivity contribution >= 4 is 18.2 Å². The van der Waals surface area contributed by atoms with E-state index in [4.69, 9.17) is 17.0 Å². The maximum atomic E-state index is 11.9. The summed E-state index contributed by atoms with van der Waals surface area (Å²) in [5.74, 6) is -0.370. The van der Waals surface area contributed by atoms with Gasteiger partial charge in [-0.05, 0) is 53.7 Å². The highest BCUT2D eigenvalue weighted by molar-refractivity contribution is 7.71. The maximum absolute atomic E-state index is 11.9. The summed E-state index contributed by atoms with van der Waals surface area (Å²) in [6.07, 6.45) is -0.238. The summed E-state index contributed by atoms with van der Waals surface area (Å²) in [6.45, 7) is 4.66. The third-order valence-corrected chi connectivity index (χ3v) is 5.00. The number of tetrazole rings is 1. The number of aliphatic hydroxyl groups excluding tert-OH is 1. The second-order valence-electron chi connectivity index (χ2n) is 6.23. The van der Waals surface area contributed by atoms with E-state index >= 15 is 0 Å². The average molecular weight is 363 g/mol. The van der Waals surface area contributed by atoms with Crippen molar-refractivity contribution < 1.29 is 14.6 Å². The summed E-state index contributed by atoms with van der Waals surface area (Å²) in [5.41, 5.74) is 3.10. The number of ether oxygens (including phenoxy) is 1. The van der Waals surface area contributed by atoms with E-state index in [1.807, 2.05) is 32.0 Å². The Morgan fingerprint density at radius 1 is 1.40 bits per heavy atom. The van der Waals surface area contributed by atoms with Gasteiger partial charge in [-0.1, -0.05) is 12.1 Å². The van der Waals surface area contributed by atoms with Crippen LogP contribution in [0.15, 0.2) is 18.2 Å². The predicted molar refractivity (Wildman–Crippen MR) is 92.8 cm³/mol. The first-order chi connectivity index (χ1) is 11.9. The first kappa shape index (κ1) is 17.7. The lowest BCUT2D eigenvalue weighted by Gasteiger charge is -2.21. The number of esters is 1. The molecular weight excluding hydrogens is 342 g/mol. The van der Waals surface area contributed by atoms with Crippen LogP contribution < -0.4 is 0 Å². The number of likely N-dealkylation sites (tertiary alicyclic amines) is 1. The fourth-order valence-electron chi connectivity index (χ4n) is 3.07. The molecule has 1 saturated heterocycles. The fourth-order valence-corrected chi connectivity index (χ4v) is 3.30. The van der Waals surface area contributed by atoms with Crippen molar-refractivity contribution in [2.75, 3.05) is 13.7 Å². The average Bonchev–Trinajstić information content (AvgIpc) is 3.13. The normalized spacial score (nSPS) is 20.8. The van der Waals surface area contributed by atoms with E-state index in [0.717, 1.165) is 16.8 Å². The first-order valence-corrected chi connectivity index (χ1v) is 8.42. The summed E-state index contributed by atoms with van der Waals surface area (Å²) < 4.78 is 8.40. The number of hydrogen-bond donors (Lipinski definition) is 1. The molecular formula is C16H21N5O3S. The summed E-state index contributed by atoms with van der Waals surface area (Å²) in [5, 5.41) is 18.2. The van der Waals surface area contributed by atoms with Crippen molar-refractivity contribution in [3.63, 3.8) is 0 Å². The topological polar surface area (TPSA) is 85.4 Å². The third kappa shape index (κ3) is 3.35. The molecule has 1 fully saturated rings. The number of carbonyl (C=O) groups excluding carboxylic acids is 1. The molecule has 0 radical (unpaired) electrons. The van der Waals surface area contributed by atoms with Crippen LogP contribution in [0.5, 0.6) is 0 Å². The molecule has 0 spiro atoms. The van der Waals surface area contributed by atoms with Crippen molar-refractivity contribution in [2.45, 2.75) is 39.1 Å². The minimum absolute atomic E-state index is 0.264. The van der Waals surface area contributed by atoms with Crippen LogP contribution >= 0.6 is 12.2 Å². The molecule has 1 aromatic heterocycles.